The van der Waals surface area contributed by atoms with Crippen LogP contribution in [0.2, 0.25) is 0 Å². The molecular formula is C14H13NO4. The summed E-state index contributed by atoms with van der Waals surface area (Å²) in [5.41, 5.74) is 0.678. The quantitative estimate of drug-likeness (QED) is 0.674. The molecule has 0 aliphatic heterocycles. The third-order valence-corrected chi connectivity index (χ3v) is 2.64. The van der Waals surface area contributed by atoms with Gasteiger partial charge in [-0.15, -0.1) is 0 Å². The first-order valence-electron chi connectivity index (χ1n) is 5.77. The normalized spacial score (nSPS) is 11.9. The van der Waals surface area contributed by atoms with E-state index in [1.807, 2.05) is 6.07 Å². The highest BCUT2D eigenvalue weighted by molar-refractivity contribution is 5.41. The summed E-state index contributed by atoms with van der Waals surface area (Å²) in [6.07, 6.45) is -0.644. The van der Waals surface area contributed by atoms with Gasteiger partial charge in [-0.2, -0.15) is 0 Å². The molecular weight excluding hydrogens is 246 g/mol. The second-order valence-corrected chi connectivity index (χ2v) is 4.07. The smallest absolute Gasteiger partial charge is 0.269 e. The number of nitrogens with zero attached hydrogens (tertiary/aromatic N) is 1. The minimum Gasteiger partial charge on any atom is -0.457 e. The van der Waals surface area contributed by atoms with Crippen molar-refractivity contribution in [2.45, 2.75) is 13.0 Å². The zero-order chi connectivity index (χ0) is 13.8. The second-order valence-electron chi connectivity index (χ2n) is 4.07. The van der Waals surface area contributed by atoms with Gasteiger partial charge in [0.15, 0.2) is 0 Å². The van der Waals surface area contributed by atoms with E-state index in [4.69, 9.17) is 4.74 Å². The molecule has 0 bridgehead atoms. The molecule has 0 aromatic heterocycles. The summed E-state index contributed by atoms with van der Waals surface area (Å²) >= 11 is 0. The second kappa shape index (κ2) is 5.49. The molecule has 0 saturated carbocycles. The van der Waals surface area contributed by atoms with Crippen LogP contribution in [-0.2, 0) is 0 Å². The number of hydrogen-bond donors (Lipinski definition) is 1. The van der Waals surface area contributed by atoms with E-state index in [-0.39, 0.29) is 5.69 Å². The number of ether oxygens (including phenoxy) is 1. The molecule has 1 atom stereocenters. The molecule has 0 aliphatic carbocycles. The Labute approximate surface area is 110 Å². The number of rotatable bonds is 4. The first kappa shape index (κ1) is 13.0. The topological polar surface area (TPSA) is 72.6 Å². The molecule has 2 aromatic rings. The lowest BCUT2D eigenvalue weighted by atomic mass is 10.1. The number of nitro benzene ring substituents is 1. The molecule has 5 heteroatoms. The first-order chi connectivity index (χ1) is 9.08. The summed E-state index contributed by atoms with van der Waals surface area (Å²) in [4.78, 5) is 10.1. The van der Waals surface area contributed by atoms with Crippen molar-refractivity contribution in [2.24, 2.45) is 0 Å². The fourth-order valence-corrected chi connectivity index (χ4v) is 1.68. The van der Waals surface area contributed by atoms with Gasteiger partial charge in [-0.1, -0.05) is 18.2 Å². The van der Waals surface area contributed by atoms with Gasteiger partial charge in [-0.05, 0) is 25.1 Å². The van der Waals surface area contributed by atoms with Crippen LogP contribution in [0, 0.1) is 10.1 Å². The Bertz CT molecular complexity index is 578. The number of aliphatic hydroxyl groups excluding tert-OH is 1. The van der Waals surface area contributed by atoms with Crippen LogP contribution < -0.4 is 4.74 Å². The van der Waals surface area contributed by atoms with Crippen molar-refractivity contribution in [3.05, 3.63) is 64.2 Å². The van der Waals surface area contributed by atoms with Gasteiger partial charge in [0.25, 0.3) is 5.69 Å². The molecule has 0 radical (unpaired) electrons. The molecule has 0 aliphatic rings. The van der Waals surface area contributed by atoms with Crippen molar-refractivity contribution in [2.75, 3.05) is 0 Å². The fraction of sp³-hybridized carbons (Fsp3) is 0.143. The van der Waals surface area contributed by atoms with Crippen molar-refractivity contribution in [3.63, 3.8) is 0 Å². The van der Waals surface area contributed by atoms with E-state index in [1.165, 1.54) is 24.3 Å². The van der Waals surface area contributed by atoms with Crippen LogP contribution >= 0.6 is 0 Å². The van der Waals surface area contributed by atoms with Crippen molar-refractivity contribution >= 4 is 5.69 Å². The zero-order valence-electron chi connectivity index (χ0n) is 10.3. The van der Waals surface area contributed by atoms with Gasteiger partial charge in [0.1, 0.15) is 11.5 Å². The number of benzene rings is 2. The van der Waals surface area contributed by atoms with E-state index in [1.54, 1.807) is 25.1 Å². The van der Waals surface area contributed by atoms with Crippen LogP contribution in [0.1, 0.15) is 18.6 Å². The molecule has 0 saturated heterocycles. The lowest BCUT2D eigenvalue weighted by molar-refractivity contribution is -0.384. The highest BCUT2D eigenvalue weighted by Gasteiger charge is 2.10. The summed E-state index contributed by atoms with van der Waals surface area (Å²) < 4.78 is 5.62. The van der Waals surface area contributed by atoms with Gasteiger partial charge in [0, 0.05) is 17.7 Å². The van der Waals surface area contributed by atoms with Crippen LogP contribution in [0.5, 0.6) is 11.5 Å². The molecule has 0 heterocycles. The average molecular weight is 259 g/mol. The Kier molecular flexibility index (Phi) is 3.77. The fourth-order valence-electron chi connectivity index (χ4n) is 1.68. The molecule has 19 heavy (non-hydrogen) atoms. The van der Waals surface area contributed by atoms with Crippen LogP contribution in [-0.4, -0.2) is 10.0 Å². The Balaban J connectivity index is 2.24. The zero-order valence-corrected chi connectivity index (χ0v) is 10.3. The molecule has 0 amide bonds. The third kappa shape index (κ3) is 3.08. The maximum atomic E-state index is 10.5. The van der Waals surface area contributed by atoms with Crippen molar-refractivity contribution in [3.8, 4) is 11.5 Å². The van der Waals surface area contributed by atoms with E-state index in [9.17, 15) is 15.2 Å². The van der Waals surface area contributed by atoms with Crippen LogP contribution in [0.4, 0.5) is 5.69 Å². The predicted molar refractivity (Wildman–Crippen MR) is 70.2 cm³/mol. The maximum absolute atomic E-state index is 10.5. The average Bonchev–Trinajstić information content (AvgIpc) is 2.39. The summed E-state index contributed by atoms with van der Waals surface area (Å²) in [7, 11) is 0. The van der Waals surface area contributed by atoms with Gasteiger partial charge in [-0.3, -0.25) is 10.1 Å². The molecule has 0 spiro atoms. The number of nitro groups is 1. The Hall–Kier alpha value is -2.40. The molecule has 0 fully saturated rings. The SMILES string of the molecule is C[C@H](O)c1ccccc1Oc1ccc([N+](=O)[O-])cc1. The molecule has 5 nitrogen and oxygen atoms in total. The standard InChI is InChI=1S/C14H13NO4/c1-10(16)13-4-2-3-5-14(13)19-12-8-6-11(7-9-12)15(17)18/h2-10,16H,1H3/t10-/m0/s1. The number of non-ortho nitro benzene ring substituents is 1. The van der Waals surface area contributed by atoms with E-state index in [0.717, 1.165) is 0 Å². The molecule has 1 N–H and O–H groups in total. The number of aliphatic hydroxyl groups is 1. The number of hydrogen-bond acceptors (Lipinski definition) is 4. The lowest BCUT2D eigenvalue weighted by Gasteiger charge is -2.12. The van der Waals surface area contributed by atoms with Crippen LogP contribution in [0.25, 0.3) is 0 Å². The summed E-state index contributed by atoms with van der Waals surface area (Å²) in [6.45, 7) is 1.65. The number of para-hydroxylation sites is 1. The van der Waals surface area contributed by atoms with Crippen molar-refractivity contribution in [1.82, 2.24) is 0 Å². The van der Waals surface area contributed by atoms with E-state index < -0.39 is 11.0 Å². The summed E-state index contributed by atoms with van der Waals surface area (Å²) in [5.74, 6) is 1.02. The van der Waals surface area contributed by atoms with Gasteiger partial charge in [0.2, 0.25) is 0 Å². The first-order valence-corrected chi connectivity index (χ1v) is 5.77. The maximum Gasteiger partial charge on any atom is 0.269 e. The Morgan fingerprint density at radius 2 is 1.79 bits per heavy atom. The van der Waals surface area contributed by atoms with Gasteiger partial charge in [0.05, 0.1) is 11.0 Å². The summed E-state index contributed by atoms with van der Waals surface area (Å²) in [6, 6.07) is 12.9. The minimum atomic E-state index is -0.644. The minimum absolute atomic E-state index is 0.0103. The third-order valence-electron chi connectivity index (χ3n) is 2.64. The highest BCUT2D eigenvalue weighted by Crippen LogP contribution is 2.30. The summed E-state index contributed by atoms with van der Waals surface area (Å²) in [5, 5.41) is 20.2. The van der Waals surface area contributed by atoms with E-state index >= 15 is 0 Å². The molecule has 2 rings (SSSR count). The van der Waals surface area contributed by atoms with E-state index in [0.29, 0.717) is 17.1 Å². The van der Waals surface area contributed by atoms with Crippen LogP contribution in [0.3, 0.4) is 0 Å². The lowest BCUT2D eigenvalue weighted by Crippen LogP contribution is -1.95. The monoisotopic (exact) mass is 259 g/mol. The molecule has 98 valence electrons. The Morgan fingerprint density at radius 1 is 1.16 bits per heavy atom. The van der Waals surface area contributed by atoms with Crippen molar-refractivity contribution in [1.29, 1.82) is 0 Å². The predicted octanol–water partition coefficient (Wildman–Crippen LogP) is 3.44. The largest absolute Gasteiger partial charge is 0.457 e. The highest BCUT2D eigenvalue weighted by atomic mass is 16.6. The van der Waals surface area contributed by atoms with Crippen molar-refractivity contribution < 1.29 is 14.8 Å². The van der Waals surface area contributed by atoms with Crippen LogP contribution in [0.15, 0.2) is 48.5 Å². The Morgan fingerprint density at radius 3 is 2.37 bits per heavy atom. The van der Waals surface area contributed by atoms with Gasteiger partial charge >= 0.3 is 0 Å². The molecule has 2 aromatic carbocycles. The molecule has 0 unspecified atom stereocenters. The van der Waals surface area contributed by atoms with Gasteiger partial charge in [-0.25, -0.2) is 0 Å². The van der Waals surface area contributed by atoms with E-state index in [2.05, 4.69) is 0 Å². The van der Waals surface area contributed by atoms with Gasteiger partial charge < -0.3 is 9.84 Å².